The van der Waals surface area contributed by atoms with Crippen molar-refractivity contribution in [3.05, 3.63) is 33.9 Å². The summed E-state index contributed by atoms with van der Waals surface area (Å²) in [5.74, 6) is 0.616. The minimum Gasteiger partial charge on any atom is -0.378 e. The summed E-state index contributed by atoms with van der Waals surface area (Å²) >= 11 is 0. The van der Waals surface area contributed by atoms with Gasteiger partial charge in [-0.15, -0.1) is 0 Å². The molecule has 6 heteroatoms. The number of nitro groups is 1. The molecule has 1 N–H and O–H groups in total. The molecule has 0 spiro atoms. The molecule has 1 aliphatic rings. The Morgan fingerprint density at radius 1 is 1.55 bits per heavy atom. The van der Waals surface area contributed by atoms with Crippen LogP contribution in [0.1, 0.15) is 32.3 Å². The summed E-state index contributed by atoms with van der Waals surface area (Å²) in [5, 5.41) is 23.2. The molecule has 1 aromatic rings. The lowest BCUT2D eigenvalue weighted by Crippen LogP contribution is -2.37. The monoisotopic (exact) mass is 302 g/mol. The highest BCUT2D eigenvalue weighted by Gasteiger charge is 2.25. The average molecular weight is 302 g/mol. The molecule has 0 bridgehead atoms. The van der Waals surface area contributed by atoms with Crippen LogP contribution in [0.15, 0.2) is 18.2 Å². The fraction of sp³-hybridized carbons (Fsp3) is 0.562. The van der Waals surface area contributed by atoms with Crippen LogP contribution < -0.4 is 5.32 Å². The summed E-state index contributed by atoms with van der Waals surface area (Å²) in [4.78, 5) is 13.2. The first-order chi connectivity index (χ1) is 10.5. The highest BCUT2D eigenvalue weighted by Crippen LogP contribution is 2.26. The van der Waals surface area contributed by atoms with Gasteiger partial charge in [-0.05, 0) is 37.4 Å². The fourth-order valence-electron chi connectivity index (χ4n) is 2.97. The maximum absolute atomic E-state index is 11.1. The molecule has 118 valence electrons. The molecule has 1 saturated heterocycles. The first kappa shape index (κ1) is 16.2. The van der Waals surface area contributed by atoms with Crippen LogP contribution in [0.25, 0.3) is 0 Å². The van der Waals surface area contributed by atoms with Gasteiger partial charge in [0.15, 0.2) is 0 Å². The Hall–Kier alpha value is -2.13. The van der Waals surface area contributed by atoms with Crippen LogP contribution in [0.5, 0.6) is 0 Å². The number of hydrogen-bond acceptors (Lipinski definition) is 5. The first-order valence-corrected chi connectivity index (χ1v) is 7.67. The molecule has 0 saturated carbocycles. The minimum atomic E-state index is -0.441. The highest BCUT2D eigenvalue weighted by atomic mass is 16.6. The standard InChI is InChI=1S/C16H22N4O2/c1-12(2)11-19-7-3-4-14(19)10-18-15-6-5-13(9-17)8-16(15)20(21)22/h5-6,8,12,14,18H,3-4,7,10-11H2,1-2H3/t14-/m1/s1. The zero-order valence-electron chi connectivity index (χ0n) is 13.1. The van der Waals surface area contributed by atoms with Crippen molar-refractivity contribution in [1.82, 2.24) is 4.90 Å². The van der Waals surface area contributed by atoms with E-state index in [1.165, 1.54) is 12.5 Å². The molecule has 0 aliphatic carbocycles. The van der Waals surface area contributed by atoms with E-state index in [4.69, 9.17) is 5.26 Å². The molecule has 0 radical (unpaired) electrons. The number of nitro benzene ring substituents is 1. The molecule has 1 fully saturated rings. The Morgan fingerprint density at radius 2 is 2.32 bits per heavy atom. The molecular formula is C16H22N4O2. The van der Waals surface area contributed by atoms with E-state index in [0.29, 0.717) is 29.8 Å². The zero-order chi connectivity index (χ0) is 16.1. The Labute approximate surface area is 130 Å². The van der Waals surface area contributed by atoms with Gasteiger partial charge in [0, 0.05) is 25.2 Å². The topological polar surface area (TPSA) is 82.2 Å². The van der Waals surface area contributed by atoms with Crippen LogP contribution in [0.2, 0.25) is 0 Å². The van der Waals surface area contributed by atoms with Gasteiger partial charge in [0.2, 0.25) is 0 Å². The second-order valence-electron chi connectivity index (χ2n) is 6.17. The third-order valence-corrected chi connectivity index (χ3v) is 3.95. The van der Waals surface area contributed by atoms with Gasteiger partial charge in [-0.2, -0.15) is 5.26 Å². The van der Waals surface area contributed by atoms with Gasteiger partial charge < -0.3 is 5.32 Å². The fourth-order valence-corrected chi connectivity index (χ4v) is 2.97. The predicted molar refractivity (Wildman–Crippen MR) is 85.7 cm³/mol. The summed E-state index contributed by atoms with van der Waals surface area (Å²) in [6.07, 6.45) is 2.29. The molecule has 1 atom stereocenters. The normalized spacial score (nSPS) is 18.4. The van der Waals surface area contributed by atoms with E-state index < -0.39 is 4.92 Å². The lowest BCUT2D eigenvalue weighted by atomic mass is 10.1. The van der Waals surface area contributed by atoms with Gasteiger partial charge in [0.25, 0.3) is 5.69 Å². The summed E-state index contributed by atoms with van der Waals surface area (Å²) in [6.45, 7) is 7.25. The lowest BCUT2D eigenvalue weighted by molar-refractivity contribution is -0.384. The summed E-state index contributed by atoms with van der Waals surface area (Å²) in [7, 11) is 0. The Bertz CT molecular complexity index is 580. The van der Waals surface area contributed by atoms with Crippen LogP contribution in [0.3, 0.4) is 0 Å². The van der Waals surface area contributed by atoms with Gasteiger partial charge in [0.1, 0.15) is 5.69 Å². The molecule has 0 amide bonds. The Balaban J connectivity index is 2.05. The summed E-state index contributed by atoms with van der Waals surface area (Å²) < 4.78 is 0. The third-order valence-electron chi connectivity index (χ3n) is 3.95. The van der Waals surface area contributed by atoms with Crippen LogP contribution in [0.4, 0.5) is 11.4 Å². The smallest absolute Gasteiger partial charge is 0.293 e. The number of rotatable bonds is 6. The largest absolute Gasteiger partial charge is 0.378 e. The molecule has 6 nitrogen and oxygen atoms in total. The quantitative estimate of drug-likeness (QED) is 0.645. The van der Waals surface area contributed by atoms with Gasteiger partial charge in [-0.3, -0.25) is 15.0 Å². The van der Waals surface area contributed by atoms with Crippen molar-refractivity contribution in [2.24, 2.45) is 5.92 Å². The van der Waals surface area contributed by atoms with Crippen molar-refractivity contribution in [2.75, 3.05) is 25.0 Å². The van der Waals surface area contributed by atoms with Crippen LogP contribution in [0, 0.1) is 27.4 Å². The third kappa shape index (κ3) is 3.95. The number of benzene rings is 1. The van der Waals surface area contributed by atoms with Gasteiger partial charge in [0.05, 0.1) is 16.6 Å². The average Bonchev–Trinajstić information content (AvgIpc) is 2.91. The van der Waals surface area contributed by atoms with E-state index in [1.54, 1.807) is 12.1 Å². The maximum atomic E-state index is 11.1. The molecule has 2 rings (SSSR count). The van der Waals surface area contributed by atoms with Crippen molar-refractivity contribution in [3.63, 3.8) is 0 Å². The minimum absolute atomic E-state index is 0.0348. The van der Waals surface area contributed by atoms with Crippen molar-refractivity contribution < 1.29 is 4.92 Å². The first-order valence-electron chi connectivity index (χ1n) is 7.67. The number of hydrogen-bond donors (Lipinski definition) is 1. The zero-order valence-corrected chi connectivity index (χ0v) is 13.1. The van der Waals surface area contributed by atoms with E-state index in [9.17, 15) is 10.1 Å². The van der Waals surface area contributed by atoms with Crippen LogP contribution >= 0.6 is 0 Å². The summed E-state index contributed by atoms with van der Waals surface area (Å²) in [6, 6.07) is 6.90. The van der Waals surface area contributed by atoms with E-state index >= 15 is 0 Å². The van der Waals surface area contributed by atoms with E-state index in [2.05, 4.69) is 24.1 Å². The molecule has 0 unspecified atom stereocenters. The summed E-state index contributed by atoms with van der Waals surface area (Å²) in [5.41, 5.74) is 0.757. The lowest BCUT2D eigenvalue weighted by Gasteiger charge is -2.26. The second-order valence-corrected chi connectivity index (χ2v) is 6.17. The number of anilines is 1. The van der Waals surface area contributed by atoms with Gasteiger partial charge >= 0.3 is 0 Å². The SMILES string of the molecule is CC(C)CN1CCC[C@@H]1CNc1ccc(C#N)cc1[N+](=O)[O-]. The van der Waals surface area contributed by atoms with Crippen molar-refractivity contribution in [2.45, 2.75) is 32.7 Å². The molecule has 0 aromatic heterocycles. The second kappa shape index (κ2) is 7.23. The van der Waals surface area contributed by atoms with Crippen molar-refractivity contribution in [3.8, 4) is 6.07 Å². The van der Waals surface area contributed by atoms with Gasteiger partial charge in [-0.25, -0.2) is 0 Å². The van der Waals surface area contributed by atoms with Crippen LogP contribution in [-0.4, -0.2) is 35.5 Å². The number of nitriles is 1. The van der Waals surface area contributed by atoms with Crippen molar-refractivity contribution >= 4 is 11.4 Å². The predicted octanol–water partition coefficient (Wildman–Crippen LogP) is 3.00. The molecule has 22 heavy (non-hydrogen) atoms. The number of nitrogens with zero attached hydrogens (tertiary/aromatic N) is 3. The Kier molecular flexibility index (Phi) is 5.34. The van der Waals surface area contributed by atoms with E-state index in [0.717, 1.165) is 19.5 Å². The molecule has 1 aromatic carbocycles. The highest BCUT2D eigenvalue weighted by molar-refractivity contribution is 5.64. The van der Waals surface area contributed by atoms with Gasteiger partial charge in [-0.1, -0.05) is 13.8 Å². The van der Waals surface area contributed by atoms with Crippen molar-refractivity contribution in [1.29, 1.82) is 5.26 Å². The number of likely N-dealkylation sites (tertiary alicyclic amines) is 1. The maximum Gasteiger partial charge on any atom is 0.293 e. The van der Waals surface area contributed by atoms with E-state index in [1.807, 2.05) is 6.07 Å². The van der Waals surface area contributed by atoms with E-state index in [-0.39, 0.29) is 5.69 Å². The number of nitrogens with one attached hydrogen (secondary N) is 1. The molecule has 1 aliphatic heterocycles. The Morgan fingerprint density at radius 3 is 2.95 bits per heavy atom. The van der Waals surface area contributed by atoms with Crippen LogP contribution in [-0.2, 0) is 0 Å². The molecular weight excluding hydrogens is 280 g/mol. The molecule has 1 heterocycles.